The van der Waals surface area contributed by atoms with Gasteiger partial charge < -0.3 is 4.74 Å². The molecule has 5 nitrogen and oxygen atoms in total. The zero-order chi connectivity index (χ0) is 13.5. The number of unbranched alkanes of at least 4 members (excludes halogenated alkanes) is 2. The Morgan fingerprint density at radius 3 is 2.61 bits per heavy atom. The number of ketones is 3. The van der Waals surface area contributed by atoms with Crippen molar-refractivity contribution < 1.29 is 23.9 Å². The van der Waals surface area contributed by atoms with Crippen LogP contribution in [-0.2, 0) is 23.9 Å². The molecule has 1 fully saturated rings. The van der Waals surface area contributed by atoms with Crippen LogP contribution >= 0.6 is 0 Å². The molecule has 0 heterocycles. The lowest BCUT2D eigenvalue weighted by Crippen LogP contribution is -2.14. The van der Waals surface area contributed by atoms with Crippen LogP contribution in [-0.4, -0.2) is 30.4 Å². The molecule has 0 aromatic carbocycles. The number of allylic oxidation sites excluding steroid dienone is 2. The van der Waals surface area contributed by atoms with Crippen LogP contribution in [0.5, 0.6) is 0 Å². The van der Waals surface area contributed by atoms with Gasteiger partial charge >= 0.3 is 5.97 Å². The molecular weight excluding hydrogens is 236 g/mol. The summed E-state index contributed by atoms with van der Waals surface area (Å²) in [6.45, 7) is 0. The summed E-state index contributed by atoms with van der Waals surface area (Å²) in [4.78, 5) is 44.4. The minimum atomic E-state index is -0.877. The van der Waals surface area contributed by atoms with Gasteiger partial charge in [0.25, 0.3) is 0 Å². The van der Waals surface area contributed by atoms with Crippen LogP contribution in [0, 0.1) is 5.92 Å². The van der Waals surface area contributed by atoms with Crippen LogP contribution in [0.4, 0.5) is 0 Å². The van der Waals surface area contributed by atoms with Gasteiger partial charge in [0.1, 0.15) is 5.92 Å². The molecule has 0 aromatic heterocycles. The third-order valence-electron chi connectivity index (χ3n) is 2.80. The molecule has 0 radical (unpaired) electrons. The molecule has 0 saturated heterocycles. The van der Waals surface area contributed by atoms with E-state index in [4.69, 9.17) is 0 Å². The van der Waals surface area contributed by atoms with E-state index in [1.807, 2.05) is 0 Å². The molecule has 1 aliphatic carbocycles. The van der Waals surface area contributed by atoms with E-state index in [1.54, 1.807) is 6.08 Å². The maximum atomic E-state index is 11.3. The second kappa shape index (κ2) is 6.83. The highest BCUT2D eigenvalue weighted by molar-refractivity contribution is 6.50. The van der Waals surface area contributed by atoms with Crippen LogP contribution in [0.25, 0.3) is 0 Å². The molecule has 0 bridgehead atoms. The Morgan fingerprint density at radius 1 is 1.33 bits per heavy atom. The van der Waals surface area contributed by atoms with Gasteiger partial charge in [-0.1, -0.05) is 12.2 Å². The summed E-state index contributed by atoms with van der Waals surface area (Å²) in [5, 5.41) is 0. The smallest absolute Gasteiger partial charge is 0.305 e. The Morgan fingerprint density at radius 2 is 2.06 bits per heavy atom. The van der Waals surface area contributed by atoms with Gasteiger partial charge in [-0.15, -0.1) is 0 Å². The Balaban J connectivity index is 2.25. The Bertz CT molecular complexity index is 394. The molecule has 98 valence electrons. The number of ether oxygens (including phenoxy) is 1. The van der Waals surface area contributed by atoms with E-state index in [-0.39, 0.29) is 18.2 Å². The minimum Gasteiger partial charge on any atom is -0.469 e. The number of hydrogen-bond donors (Lipinski definition) is 0. The van der Waals surface area contributed by atoms with Crippen LogP contribution in [0.2, 0.25) is 0 Å². The van der Waals surface area contributed by atoms with Gasteiger partial charge in [0.05, 0.1) is 13.5 Å². The maximum Gasteiger partial charge on any atom is 0.305 e. The molecule has 1 atom stereocenters. The van der Waals surface area contributed by atoms with Gasteiger partial charge in [0, 0.05) is 6.42 Å². The van der Waals surface area contributed by atoms with Gasteiger partial charge in [0.15, 0.2) is 5.78 Å². The highest BCUT2D eigenvalue weighted by atomic mass is 16.5. The van der Waals surface area contributed by atoms with Gasteiger partial charge in [-0.3, -0.25) is 19.2 Å². The van der Waals surface area contributed by atoms with E-state index in [2.05, 4.69) is 4.74 Å². The molecule has 18 heavy (non-hydrogen) atoms. The topological polar surface area (TPSA) is 77.5 Å². The van der Waals surface area contributed by atoms with E-state index in [1.165, 1.54) is 13.2 Å². The van der Waals surface area contributed by atoms with Crippen molar-refractivity contribution in [2.75, 3.05) is 7.11 Å². The first-order valence-electron chi connectivity index (χ1n) is 5.89. The number of hydrogen-bond acceptors (Lipinski definition) is 5. The van der Waals surface area contributed by atoms with Gasteiger partial charge in [0.2, 0.25) is 11.6 Å². The number of methoxy groups -OCH3 is 1. The molecule has 1 saturated carbocycles. The summed E-state index contributed by atoms with van der Waals surface area (Å²) >= 11 is 0. The zero-order valence-electron chi connectivity index (χ0n) is 10.3. The maximum absolute atomic E-state index is 11.3. The normalized spacial score (nSPS) is 19.8. The molecule has 1 unspecified atom stereocenters. The lowest BCUT2D eigenvalue weighted by atomic mass is 10.0. The standard InChI is InChI=1S/C13H16O5/c1-18-12(16)7-5-3-2-4-6-9-10(14)8-11(15)13(9)17/h4,6,9H,2-3,5,7-8H2,1H3. The Labute approximate surface area is 105 Å². The Kier molecular flexibility index (Phi) is 5.42. The molecule has 0 aromatic rings. The summed E-state index contributed by atoms with van der Waals surface area (Å²) < 4.78 is 4.49. The molecule has 0 aliphatic heterocycles. The minimum absolute atomic E-state index is 0.245. The highest BCUT2D eigenvalue weighted by Gasteiger charge is 2.37. The number of carbonyl (C=O) groups is 4. The molecule has 1 aliphatic rings. The third kappa shape index (κ3) is 3.91. The summed E-state index contributed by atoms with van der Waals surface area (Å²) in [6.07, 6.45) is 5.45. The average molecular weight is 252 g/mol. The second-order valence-electron chi connectivity index (χ2n) is 4.16. The van der Waals surface area contributed by atoms with Crippen molar-refractivity contribution in [2.24, 2.45) is 5.92 Å². The lowest BCUT2D eigenvalue weighted by molar-refractivity contribution is -0.140. The van der Waals surface area contributed by atoms with Gasteiger partial charge in [-0.2, -0.15) is 0 Å². The van der Waals surface area contributed by atoms with Crippen molar-refractivity contribution >= 4 is 23.3 Å². The molecule has 5 heteroatoms. The number of Topliss-reactive ketones (excluding diaryl/α,β-unsaturated/α-hetero) is 3. The van der Waals surface area contributed by atoms with E-state index in [0.717, 1.165) is 6.42 Å². The quantitative estimate of drug-likeness (QED) is 0.232. The lowest BCUT2D eigenvalue weighted by Gasteiger charge is -1.98. The SMILES string of the molecule is COC(=O)CCCCC=CC1C(=O)CC(=O)C1=O. The number of esters is 1. The van der Waals surface area contributed by atoms with Gasteiger partial charge in [-0.05, 0) is 19.3 Å². The van der Waals surface area contributed by atoms with Crippen LogP contribution in [0.15, 0.2) is 12.2 Å². The van der Waals surface area contributed by atoms with E-state index >= 15 is 0 Å². The fraction of sp³-hybridized carbons (Fsp3) is 0.538. The molecule has 0 spiro atoms. The number of carbonyl (C=O) groups excluding carboxylic acids is 4. The average Bonchev–Trinajstić information content (AvgIpc) is 2.59. The van der Waals surface area contributed by atoms with Crippen molar-refractivity contribution in [2.45, 2.75) is 32.1 Å². The van der Waals surface area contributed by atoms with E-state index < -0.39 is 17.5 Å². The predicted octanol–water partition coefficient (Wildman–Crippen LogP) is 1.00. The van der Waals surface area contributed by atoms with E-state index in [9.17, 15) is 19.2 Å². The second-order valence-corrected chi connectivity index (χ2v) is 4.16. The van der Waals surface area contributed by atoms with Gasteiger partial charge in [-0.25, -0.2) is 0 Å². The zero-order valence-corrected chi connectivity index (χ0v) is 10.3. The van der Waals surface area contributed by atoms with E-state index in [0.29, 0.717) is 19.3 Å². The summed E-state index contributed by atoms with van der Waals surface area (Å²) in [5.74, 6) is -2.65. The summed E-state index contributed by atoms with van der Waals surface area (Å²) in [6, 6.07) is 0. The van der Waals surface area contributed by atoms with Crippen LogP contribution in [0.1, 0.15) is 32.1 Å². The molecule has 0 N–H and O–H groups in total. The third-order valence-corrected chi connectivity index (χ3v) is 2.80. The first-order chi connectivity index (χ1) is 8.56. The predicted molar refractivity (Wildman–Crippen MR) is 62.8 cm³/mol. The Hall–Kier alpha value is -1.78. The molecular formula is C13H16O5. The monoisotopic (exact) mass is 252 g/mol. The van der Waals surface area contributed by atoms with Crippen LogP contribution < -0.4 is 0 Å². The first kappa shape index (κ1) is 14.3. The van der Waals surface area contributed by atoms with Crippen LogP contribution in [0.3, 0.4) is 0 Å². The van der Waals surface area contributed by atoms with Crippen molar-refractivity contribution in [3.05, 3.63) is 12.2 Å². The van der Waals surface area contributed by atoms with Crippen molar-refractivity contribution in [1.82, 2.24) is 0 Å². The van der Waals surface area contributed by atoms with Crippen molar-refractivity contribution in [3.8, 4) is 0 Å². The molecule has 1 rings (SSSR count). The van der Waals surface area contributed by atoms with Crippen molar-refractivity contribution in [1.29, 1.82) is 0 Å². The fourth-order valence-corrected chi connectivity index (χ4v) is 1.74. The first-order valence-corrected chi connectivity index (χ1v) is 5.89. The van der Waals surface area contributed by atoms with Crippen molar-refractivity contribution in [3.63, 3.8) is 0 Å². The largest absolute Gasteiger partial charge is 0.469 e. The molecule has 0 amide bonds. The number of rotatable bonds is 6. The highest BCUT2D eigenvalue weighted by Crippen LogP contribution is 2.16. The fourth-order valence-electron chi connectivity index (χ4n) is 1.74. The summed E-state index contributed by atoms with van der Waals surface area (Å²) in [7, 11) is 1.34. The summed E-state index contributed by atoms with van der Waals surface area (Å²) in [5.41, 5.74) is 0.